The molecule has 0 bridgehead atoms. The van der Waals surface area contributed by atoms with Crippen molar-refractivity contribution in [2.24, 2.45) is 0 Å². The molecule has 1 fully saturated rings. The average molecular weight is 224 g/mol. The Morgan fingerprint density at radius 1 is 1.50 bits per heavy atom. The number of pyridine rings is 1. The van der Waals surface area contributed by atoms with Gasteiger partial charge in [-0.3, -0.25) is 0 Å². The first-order valence-electron chi connectivity index (χ1n) is 4.80. The summed E-state index contributed by atoms with van der Waals surface area (Å²) < 4.78 is 1.16. The molecule has 3 heteroatoms. The number of aryl methyl sites for hydroxylation is 1. The minimum atomic E-state index is 0.655. The van der Waals surface area contributed by atoms with Gasteiger partial charge in [-0.15, -0.1) is 11.3 Å². The van der Waals surface area contributed by atoms with Crippen LogP contribution < -0.4 is 0 Å². The third-order valence-electron chi connectivity index (χ3n) is 2.69. The van der Waals surface area contributed by atoms with E-state index in [1.807, 2.05) is 6.20 Å². The molecule has 1 nitrogen and oxygen atoms in total. The van der Waals surface area contributed by atoms with E-state index in [1.54, 1.807) is 11.3 Å². The van der Waals surface area contributed by atoms with E-state index in [0.29, 0.717) is 5.15 Å². The van der Waals surface area contributed by atoms with Gasteiger partial charge >= 0.3 is 0 Å². The normalized spacial score (nSPS) is 16.4. The topological polar surface area (TPSA) is 12.9 Å². The summed E-state index contributed by atoms with van der Waals surface area (Å²) in [7, 11) is 0. The molecule has 0 spiro atoms. The number of aromatic nitrogens is 1. The lowest BCUT2D eigenvalue weighted by Gasteiger charge is -2.00. The predicted molar refractivity (Wildman–Crippen MR) is 61.3 cm³/mol. The molecule has 0 radical (unpaired) electrons. The van der Waals surface area contributed by atoms with Crippen LogP contribution in [0, 0.1) is 6.92 Å². The number of hydrogen-bond acceptors (Lipinski definition) is 2. The van der Waals surface area contributed by atoms with Gasteiger partial charge in [0.1, 0.15) is 5.15 Å². The highest BCUT2D eigenvalue weighted by Gasteiger charge is 2.26. The molecule has 0 unspecified atom stereocenters. The fourth-order valence-electron chi connectivity index (χ4n) is 1.86. The largest absolute Gasteiger partial charge is 0.243 e. The highest BCUT2D eigenvalue weighted by Crippen LogP contribution is 2.45. The first-order chi connectivity index (χ1) is 6.75. The van der Waals surface area contributed by atoms with Crippen LogP contribution in [0.1, 0.15) is 29.2 Å². The Balaban J connectivity index is 2.34. The summed E-state index contributed by atoms with van der Waals surface area (Å²) >= 11 is 7.81. The Bertz CT molecular complexity index is 499. The molecule has 72 valence electrons. The van der Waals surface area contributed by atoms with Crippen molar-refractivity contribution in [1.29, 1.82) is 0 Å². The van der Waals surface area contributed by atoms with Gasteiger partial charge in [0.15, 0.2) is 0 Å². The molecule has 2 aromatic heterocycles. The third kappa shape index (κ3) is 1.25. The highest BCUT2D eigenvalue weighted by atomic mass is 35.5. The fourth-order valence-corrected chi connectivity index (χ4v) is 3.04. The van der Waals surface area contributed by atoms with Gasteiger partial charge < -0.3 is 0 Å². The zero-order chi connectivity index (χ0) is 9.71. The van der Waals surface area contributed by atoms with Crippen molar-refractivity contribution in [2.45, 2.75) is 25.7 Å². The Morgan fingerprint density at radius 2 is 2.29 bits per heavy atom. The van der Waals surface area contributed by atoms with E-state index in [9.17, 15) is 0 Å². The van der Waals surface area contributed by atoms with Gasteiger partial charge in [-0.1, -0.05) is 11.6 Å². The Hall–Kier alpha value is -0.600. The van der Waals surface area contributed by atoms with Crippen LogP contribution in [0.5, 0.6) is 0 Å². The van der Waals surface area contributed by atoms with Gasteiger partial charge in [0.05, 0.1) is 4.70 Å². The van der Waals surface area contributed by atoms with E-state index < -0.39 is 0 Å². The molecule has 2 aromatic rings. The molecule has 2 heterocycles. The Kier molecular flexibility index (Phi) is 1.83. The molecule has 0 amide bonds. The lowest BCUT2D eigenvalue weighted by molar-refractivity contribution is 1.12. The number of thiophene rings is 1. The summed E-state index contributed by atoms with van der Waals surface area (Å²) in [5.74, 6) is 0.747. The van der Waals surface area contributed by atoms with Crippen LogP contribution in [0.3, 0.4) is 0 Å². The highest BCUT2D eigenvalue weighted by molar-refractivity contribution is 7.19. The van der Waals surface area contributed by atoms with Crippen LogP contribution in [0.15, 0.2) is 12.3 Å². The number of hydrogen-bond donors (Lipinski definition) is 0. The van der Waals surface area contributed by atoms with Crippen LogP contribution in [0.4, 0.5) is 0 Å². The average Bonchev–Trinajstić information content (AvgIpc) is 2.89. The molecule has 1 aliphatic rings. The maximum absolute atomic E-state index is 6.07. The number of nitrogens with zero attached hydrogens (tertiary/aromatic N) is 1. The smallest absolute Gasteiger partial charge is 0.146 e. The van der Waals surface area contributed by atoms with E-state index in [0.717, 1.165) is 10.6 Å². The number of rotatable bonds is 1. The lowest BCUT2D eigenvalue weighted by atomic mass is 10.1. The predicted octanol–water partition coefficient (Wildman–Crippen LogP) is 4.14. The second-order valence-electron chi connectivity index (χ2n) is 3.88. The minimum absolute atomic E-state index is 0.655. The van der Waals surface area contributed by atoms with Crippen molar-refractivity contribution in [3.8, 4) is 0 Å². The standard InChI is InChI=1S/C11H10ClNS/c1-6-4-8-9(7-2-3-7)5-13-11(12)10(8)14-6/h4-5,7H,2-3H2,1H3. The van der Waals surface area contributed by atoms with Gasteiger partial charge in [-0.25, -0.2) is 4.98 Å². The summed E-state index contributed by atoms with van der Waals surface area (Å²) in [6.45, 7) is 2.12. The fraction of sp³-hybridized carbons (Fsp3) is 0.364. The van der Waals surface area contributed by atoms with Crippen LogP contribution in [-0.4, -0.2) is 4.98 Å². The summed E-state index contributed by atoms with van der Waals surface area (Å²) in [5, 5.41) is 1.98. The van der Waals surface area contributed by atoms with E-state index >= 15 is 0 Å². The van der Waals surface area contributed by atoms with Crippen LogP contribution in [-0.2, 0) is 0 Å². The Labute approximate surface area is 91.7 Å². The van der Waals surface area contributed by atoms with E-state index in [1.165, 1.54) is 28.7 Å². The number of fused-ring (bicyclic) bond motifs is 1. The van der Waals surface area contributed by atoms with Gasteiger partial charge in [0, 0.05) is 16.5 Å². The summed E-state index contributed by atoms with van der Waals surface area (Å²) in [6.07, 6.45) is 4.58. The zero-order valence-corrected chi connectivity index (χ0v) is 9.45. The first-order valence-corrected chi connectivity index (χ1v) is 5.99. The van der Waals surface area contributed by atoms with E-state index in [4.69, 9.17) is 11.6 Å². The van der Waals surface area contributed by atoms with Gasteiger partial charge in [-0.05, 0) is 37.3 Å². The monoisotopic (exact) mass is 223 g/mol. The molecule has 1 saturated carbocycles. The van der Waals surface area contributed by atoms with Crippen molar-refractivity contribution in [3.63, 3.8) is 0 Å². The molecule has 3 rings (SSSR count). The van der Waals surface area contributed by atoms with Gasteiger partial charge in [0.25, 0.3) is 0 Å². The van der Waals surface area contributed by atoms with Gasteiger partial charge in [-0.2, -0.15) is 0 Å². The van der Waals surface area contributed by atoms with Crippen molar-refractivity contribution < 1.29 is 0 Å². The summed E-state index contributed by atoms with van der Waals surface area (Å²) in [5.41, 5.74) is 1.40. The van der Waals surface area contributed by atoms with E-state index in [2.05, 4.69) is 18.0 Å². The van der Waals surface area contributed by atoms with Crippen molar-refractivity contribution in [1.82, 2.24) is 4.98 Å². The van der Waals surface area contributed by atoms with Crippen molar-refractivity contribution in [2.75, 3.05) is 0 Å². The quantitative estimate of drug-likeness (QED) is 0.663. The second-order valence-corrected chi connectivity index (χ2v) is 5.49. The third-order valence-corrected chi connectivity index (χ3v) is 4.14. The van der Waals surface area contributed by atoms with Gasteiger partial charge in [0.2, 0.25) is 0 Å². The lowest BCUT2D eigenvalue weighted by Crippen LogP contribution is -1.83. The molecule has 1 aliphatic carbocycles. The van der Waals surface area contributed by atoms with Crippen LogP contribution in [0.25, 0.3) is 10.1 Å². The maximum atomic E-state index is 6.07. The Morgan fingerprint density at radius 3 is 3.00 bits per heavy atom. The SMILES string of the molecule is Cc1cc2c(C3CC3)cnc(Cl)c2s1. The van der Waals surface area contributed by atoms with Crippen molar-refractivity contribution >= 4 is 33.0 Å². The summed E-state index contributed by atoms with van der Waals surface area (Å²) in [4.78, 5) is 5.57. The summed E-state index contributed by atoms with van der Waals surface area (Å²) in [6, 6.07) is 2.24. The maximum Gasteiger partial charge on any atom is 0.146 e. The molecule has 0 N–H and O–H groups in total. The second kappa shape index (κ2) is 2.94. The molecule has 0 aliphatic heterocycles. The number of halogens is 1. The molecule has 0 saturated heterocycles. The minimum Gasteiger partial charge on any atom is -0.243 e. The molecular formula is C11H10ClNS. The van der Waals surface area contributed by atoms with Crippen LogP contribution >= 0.6 is 22.9 Å². The van der Waals surface area contributed by atoms with E-state index in [-0.39, 0.29) is 0 Å². The van der Waals surface area contributed by atoms with Crippen molar-refractivity contribution in [3.05, 3.63) is 27.9 Å². The van der Waals surface area contributed by atoms with Crippen LogP contribution in [0.2, 0.25) is 5.15 Å². The zero-order valence-electron chi connectivity index (χ0n) is 7.88. The molecular weight excluding hydrogens is 214 g/mol. The molecule has 14 heavy (non-hydrogen) atoms. The first kappa shape index (κ1) is 8.69. The molecule has 0 aromatic carbocycles. The molecule has 0 atom stereocenters.